The number of nitro benzene ring substituents is 1. The molecular weight excluding hydrogens is 370 g/mol. The van der Waals surface area contributed by atoms with Crippen molar-refractivity contribution in [3.05, 3.63) is 52.6 Å². The molecule has 0 radical (unpaired) electrons. The van der Waals surface area contributed by atoms with Gasteiger partial charge in [-0.3, -0.25) is 14.9 Å². The van der Waals surface area contributed by atoms with Gasteiger partial charge in [0.05, 0.1) is 34.8 Å². The summed E-state index contributed by atoms with van der Waals surface area (Å²) in [6.07, 6.45) is 0.136. The predicted molar refractivity (Wildman–Crippen MR) is 103 cm³/mol. The molecule has 0 spiro atoms. The third-order valence-electron chi connectivity index (χ3n) is 3.56. The van der Waals surface area contributed by atoms with Crippen molar-refractivity contribution >= 4 is 38.3 Å². The van der Waals surface area contributed by atoms with E-state index in [1.54, 1.807) is 0 Å². The number of fused-ring (bicyclic) bond motifs is 1. The van der Waals surface area contributed by atoms with Crippen LogP contribution in [-0.2, 0) is 4.79 Å². The van der Waals surface area contributed by atoms with Crippen LogP contribution in [0.3, 0.4) is 0 Å². The second-order valence-corrected chi connectivity index (χ2v) is 6.51. The molecule has 0 atom stereocenters. The van der Waals surface area contributed by atoms with Crippen LogP contribution in [0.25, 0.3) is 10.2 Å². The molecular formula is C18H17N3O5S. The van der Waals surface area contributed by atoms with E-state index in [2.05, 4.69) is 10.3 Å². The lowest BCUT2D eigenvalue weighted by Gasteiger charge is -2.05. The number of nitrogens with zero attached hydrogens (tertiary/aromatic N) is 2. The number of carbonyl (C=O) groups is 1. The molecule has 1 aromatic heterocycles. The van der Waals surface area contributed by atoms with Crippen LogP contribution in [0.2, 0.25) is 0 Å². The minimum absolute atomic E-state index is 0.0107. The summed E-state index contributed by atoms with van der Waals surface area (Å²) in [6.45, 7) is 2.66. The molecule has 8 nitrogen and oxygen atoms in total. The predicted octanol–water partition coefficient (Wildman–Crippen LogP) is 4.01. The van der Waals surface area contributed by atoms with E-state index >= 15 is 0 Å². The zero-order valence-corrected chi connectivity index (χ0v) is 15.3. The van der Waals surface area contributed by atoms with Gasteiger partial charge in [0.2, 0.25) is 5.91 Å². The highest BCUT2D eigenvalue weighted by Crippen LogP contribution is 2.29. The number of thiazole rings is 1. The molecule has 27 heavy (non-hydrogen) atoms. The van der Waals surface area contributed by atoms with E-state index in [0.29, 0.717) is 17.5 Å². The molecule has 0 unspecified atom stereocenters. The summed E-state index contributed by atoms with van der Waals surface area (Å²) in [5.74, 6) is 1.01. The second kappa shape index (κ2) is 8.45. The second-order valence-electron chi connectivity index (χ2n) is 5.48. The Morgan fingerprint density at radius 1 is 1.19 bits per heavy atom. The molecule has 1 N–H and O–H groups in total. The molecule has 0 saturated heterocycles. The van der Waals surface area contributed by atoms with Crippen LogP contribution in [0.1, 0.15) is 13.3 Å². The Kier molecular flexibility index (Phi) is 5.82. The van der Waals surface area contributed by atoms with Crippen LogP contribution in [-0.4, -0.2) is 29.0 Å². The molecule has 0 aliphatic carbocycles. The van der Waals surface area contributed by atoms with Gasteiger partial charge in [-0.1, -0.05) is 11.3 Å². The molecule has 0 fully saturated rings. The van der Waals surface area contributed by atoms with Crippen LogP contribution in [0, 0.1) is 10.1 Å². The van der Waals surface area contributed by atoms with Gasteiger partial charge >= 0.3 is 0 Å². The fourth-order valence-corrected chi connectivity index (χ4v) is 3.23. The topological polar surface area (TPSA) is 104 Å². The van der Waals surface area contributed by atoms with Gasteiger partial charge in [-0.15, -0.1) is 0 Å². The largest absolute Gasteiger partial charge is 0.494 e. The monoisotopic (exact) mass is 387 g/mol. The number of hydrogen-bond acceptors (Lipinski definition) is 7. The van der Waals surface area contributed by atoms with E-state index < -0.39 is 4.92 Å². The number of anilines is 1. The highest BCUT2D eigenvalue weighted by molar-refractivity contribution is 7.22. The third-order valence-corrected chi connectivity index (χ3v) is 4.50. The van der Waals surface area contributed by atoms with Crippen molar-refractivity contribution in [1.29, 1.82) is 0 Å². The lowest BCUT2D eigenvalue weighted by molar-refractivity contribution is -0.384. The molecule has 1 amide bonds. The van der Waals surface area contributed by atoms with Crippen molar-refractivity contribution < 1.29 is 19.2 Å². The van der Waals surface area contributed by atoms with Gasteiger partial charge in [0.1, 0.15) is 11.5 Å². The van der Waals surface area contributed by atoms with Crippen molar-refractivity contribution in [1.82, 2.24) is 4.98 Å². The average molecular weight is 387 g/mol. The number of nitro groups is 1. The molecule has 3 aromatic rings. The Morgan fingerprint density at radius 3 is 2.63 bits per heavy atom. The lowest BCUT2D eigenvalue weighted by atomic mass is 10.3. The summed E-state index contributed by atoms with van der Waals surface area (Å²) in [6, 6.07) is 11.3. The maximum absolute atomic E-state index is 12.1. The number of non-ortho nitro benzene ring substituents is 1. The van der Waals surface area contributed by atoms with Gasteiger partial charge in [0, 0.05) is 12.1 Å². The van der Waals surface area contributed by atoms with Crippen LogP contribution in [0.15, 0.2) is 42.5 Å². The molecule has 3 rings (SSSR count). The number of nitrogens with one attached hydrogen (secondary N) is 1. The highest BCUT2D eigenvalue weighted by Gasteiger charge is 2.10. The Bertz CT molecular complexity index is 955. The number of amides is 1. The van der Waals surface area contributed by atoms with Crippen LogP contribution < -0.4 is 14.8 Å². The molecule has 0 aliphatic rings. The number of carbonyl (C=O) groups excluding carboxylic acids is 1. The summed E-state index contributed by atoms with van der Waals surface area (Å²) < 4.78 is 11.8. The van der Waals surface area contributed by atoms with Crippen molar-refractivity contribution in [2.75, 3.05) is 18.5 Å². The van der Waals surface area contributed by atoms with E-state index in [-0.39, 0.29) is 24.6 Å². The summed E-state index contributed by atoms with van der Waals surface area (Å²) in [4.78, 5) is 26.6. The number of ether oxygens (including phenoxy) is 2. The standard InChI is InChI=1S/C18H17N3O5S/c1-2-25-14-7-8-15-16(11-14)27-18(19-15)20-17(22)9-10-26-13-5-3-12(4-6-13)21(23)24/h3-8,11H,2,9-10H2,1H3,(H,19,20,22). The maximum Gasteiger partial charge on any atom is 0.269 e. The molecule has 0 bridgehead atoms. The molecule has 0 aliphatic heterocycles. The quantitative estimate of drug-likeness (QED) is 0.463. The van der Waals surface area contributed by atoms with Crippen LogP contribution >= 0.6 is 11.3 Å². The number of aromatic nitrogens is 1. The van der Waals surface area contributed by atoms with Crippen molar-refractivity contribution in [3.8, 4) is 11.5 Å². The average Bonchev–Trinajstić information content (AvgIpc) is 3.03. The molecule has 9 heteroatoms. The van der Waals surface area contributed by atoms with Gasteiger partial charge in [-0.2, -0.15) is 0 Å². The highest BCUT2D eigenvalue weighted by atomic mass is 32.1. The lowest BCUT2D eigenvalue weighted by Crippen LogP contribution is -2.15. The van der Waals surface area contributed by atoms with Crippen molar-refractivity contribution in [3.63, 3.8) is 0 Å². The van der Waals surface area contributed by atoms with Gasteiger partial charge in [0.25, 0.3) is 5.69 Å². The van der Waals surface area contributed by atoms with Crippen LogP contribution in [0.4, 0.5) is 10.8 Å². The summed E-state index contributed by atoms with van der Waals surface area (Å²) in [5.41, 5.74) is 0.782. The van der Waals surface area contributed by atoms with E-state index in [9.17, 15) is 14.9 Å². The minimum Gasteiger partial charge on any atom is -0.494 e. The summed E-state index contributed by atoms with van der Waals surface area (Å²) in [5, 5.41) is 13.9. The van der Waals surface area contributed by atoms with Crippen molar-refractivity contribution in [2.45, 2.75) is 13.3 Å². The van der Waals surface area contributed by atoms with Gasteiger partial charge in [-0.05, 0) is 37.3 Å². The maximum atomic E-state index is 12.1. The first kappa shape index (κ1) is 18.6. The van der Waals surface area contributed by atoms with Gasteiger partial charge < -0.3 is 14.8 Å². The Balaban J connectivity index is 1.51. The molecule has 0 saturated carbocycles. The van der Waals surface area contributed by atoms with E-state index in [4.69, 9.17) is 9.47 Å². The Hall–Kier alpha value is -3.20. The first-order chi connectivity index (χ1) is 13.0. The van der Waals surface area contributed by atoms with E-state index in [1.165, 1.54) is 35.6 Å². The number of rotatable bonds is 8. The van der Waals surface area contributed by atoms with E-state index in [0.717, 1.165) is 16.0 Å². The zero-order chi connectivity index (χ0) is 19.2. The molecule has 140 valence electrons. The molecule has 1 heterocycles. The first-order valence-corrected chi connectivity index (χ1v) is 9.07. The smallest absolute Gasteiger partial charge is 0.269 e. The number of benzene rings is 2. The fourth-order valence-electron chi connectivity index (χ4n) is 2.32. The Labute approximate surface area is 158 Å². The van der Waals surface area contributed by atoms with Crippen molar-refractivity contribution in [2.24, 2.45) is 0 Å². The SMILES string of the molecule is CCOc1ccc2nc(NC(=O)CCOc3ccc([N+](=O)[O-])cc3)sc2c1. The van der Waals surface area contributed by atoms with Gasteiger partial charge in [0.15, 0.2) is 5.13 Å². The summed E-state index contributed by atoms with van der Waals surface area (Å²) in [7, 11) is 0. The third kappa shape index (κ3) is 4.91. The Morgan fingerprint density at radius 2 is 1.93 bits per heavy atom. The zero-order valence-electron chi connectivity index (χ0n) is 14.5. The fraction of sp³-hybridized carbons (Fsp3) is 0.222. The van der Waals surface area contributed by atoms with E-state index in [1.807, 2.05) is 25.1 Å². The molecule has 2 aromatic carbocycles. The minimum atomic E-state index is -0.480. The normalized spacial score (nSPS) is 10.6. The summed E-state index contributed by atoms with van der Waals surface area (Å²) >= 11 is 1.37. The van der Waals surface area contributed by atoms with Gasteiger partial charge in [-0.25, -0.2) is 4.98 Å². The first-order valence-electron chi connectivity index (χ1n) is 8.25. The number of hydrogen-bond donors (Lipinski definition) is 1. The van der Waals surface area contributed by atoms with Crippen LogP contribution in [0.5, 0.6) is 11.5 Å².